The van der Waals surface area contributed by atoms with E-state index in [2.05, 4.69) is 43.5 Å². The van der Waals surface area contributed by atoms with E-state index >= 15 is 0 Å². The topological polar surface area (TPSA) is 69.0 Å². The summed E-state index contributed by atoms with van der Waals surface area (Å²) in [5.41, 5.74) is 0.575. The molecule has 1 saturated heterocycles. The second kappa shape index (κ2) is 7.09. The van der Waals surface area contributed by atoms with Crippen molar-refractivity contribution in [3.63, 3.8) is 0 Å². The second-order valence-electron chi connectivity index (χ2n) is 7.18. The van der Waals surface area contributed by atoms with Gasteiger partial charge in [-0.1, -0.05) is 0 Å². The number of hydrogen-bond acceptors (Lipinski definition) is 6. The lowest BCUT2D eigenvalue weighted by Gasteiger charge is -2.34. The quantitative estimate of drug-likeness (QED) is 0.702. The maximum atomic E-state index is 14.0. The first-order valence-electron chi connectivity index (χ1n) is 9.21. The zero-order chi connectivity index (χ0) is 19.0. The van der Waals surface area contributed by atoms with Crippen molar-refractivity contribution in [3.8, 4) is 5.75 Å². The number of aromatic nitrogens is 5. The van der Waals surface area contributed by atoms with Crippen molar-refractivity contribution in [3.05, 3.63) is 36.4 Å². The molecule has 27 heavy (non-hydrogen) atoms. The fourth-order valence-electron chi connectivity index (χ4n) is 3.77. The van der Waals surface area contributed by atoms with Crippen molar-refractivity contribution in [1.82, 2.24) is 24.7 Å². The molecule has 0 radical (unpaired) electrons. The molecule has 0 amide bonds. The standard InChI is InChI=1S/C19H23FN6O/c1-12(2)26-11-23-24-18(26)13-5-4-6-25(9-13)19-14-7-17(27-3)15(20)8-16(14)21-10-22-19/h7-8,10-13H,4-6,9H2,1-3H3. The van der Waals surface area contributed by atoms with Gasteiger partial charge in [0.2, 0.25) is 0 Å². The SMILES string of the molecule is COc1cc2c(N3CCCC(c4nncn4C(C)C)C3)ncnc2cc1F. The third-order valence-electron chi connectivity index (χ3n) is 5.13. The van der Waals surface area contributed by atoms with E-state index in [0.29, 0.717) is 11.6 Å². The molecule has 1 unspecified atom stereocenters. The molecule has 142 valence electrons. The highest BCUT2D eigenvalue weighted by molar-refractivity contribution is 5.90. The lowest BCUT2D eigenvalue weighted by Crippen LogP contribution is -2.36. The van der Waals surface area contributed by atoms with E-state index in [0.717, 1.165) is 43.0 Å². The molecule has 0 aliphatic carbocycles. The van der Waals surface area contributed by atoms with Crippen molar-refractivity contribution < 1.29 is 9.13 Å². The van der Waals surface area contributed by atoms with Gasteiger partial charge in [-0.25, -0.2) is 14.4 Å². The molecular weight excluding hydrogens is 347 g/mol. The Balaban J connectivity index is 1.70. The number of rotatable bonds is 4. The number of benzene rings is 1. The van der Waals surface area contributed by atoms with Crippen LogP contribution < -0.4 is 9.64 Å². The van der Waals surface area contributed by atoms with E-state index in [-0.39, 0.29) is 11.7 Å². The monoisotopic (exact) mass is 370 g/mol. The van der Waals surface area contributed by atoms with Gasteiger partial charge in [-0.3, -0.25) is 0 Å². The Bertz CT molecular complexity index is 957. The predicted octanol–water partition coefficient (Wildman–Crippen LogP) is 3.33. The minimum absolute atomic E-state index is 0.201. The van der Waals surface area contributed by atoms with Gasteiger partial charge in [0.1, 0.15) is 24.3 Å². The van der Waals surface area contributed by atoms with Crippen molar-refractivity contribution in [2.75, 3.05) is 25.1 Å². The van der Waals surface area contributed by atoms with Gasteiger partial charge in [0.15, 0.2) is 11.6 Å². The maximum absolute atomic E-state index is 14.0. The summed E-state index contributed by atoms with van der Waals surface area (Å²) in [4.78, 5) is 11.0. The third kappa shape index (κ3) is 3.20. The van der Waals surface area contributed by atoms with Gasteiger partial charge in [0.05, 0.1) is 12.6 Å². The number of hydrogen-bond donors (Lipinski definition) is 0. The van der Waals surface area contributed by atoms with Gasteiger partial charge >= 0.3 is 0 Å². The molecule has 0 spiro atoms. The largest absolute Gasteiger partial charge is 0.494 e. The summed E-state index contributed by atoms with van der Waals surface area (Å²) in [5, 5.41) is 9.28. The normalized spacial score (nSPS) is 17.7. The zero-order valence-corrected chi connectivity index (χ0v) is 15.8. The summed E-state index contributed by atoms with van der Waals surface area (Å²) in [7, 11) is 1.46. The summed E-state index contributed by atoms with van der Waals surface area (Å²) in [6, 6.07) is 3.40. The molecule has 1 aliphatic heterocycles. The van der Waals surface area contributed by atoms with Crippen molar-refractivity contribution >= 4 is 16.7 Å². The molecule has 1 aromatic carbocycles. The van der Waals surface area contributed by atoms with Crippen molar-refractivity contribution in [2.24, 2.45) is 0 Å². The van der Waals surface area contributed by atoms with Crippen LogP contribution in [0.4, 0.5) is 10.2 Å². The number of piperidine rings is 1. The molecule has 3 heterocycles. The van der Waals surface area contributed by atoms with Crippen LogP contribution in [0.2, 0.25) is 0 Å². The van der Waals surface area contributed by atoms with Gasteiger partial charge < -0.3 is 14.2 Å². The van der Waals surface area contributed by atoms with Crippen LogP contribution in [0.15, 0.2) is 24.8 Å². The van der Waals surface area contributed by atoms with Crippen LogP contribution in [0.3, 0.4) is 0 Å². The fourth-order valence-corrected chi connectivity index (χ4v) is 3.77. The predicted molar refractivity (Wildman–Crippen MR) is 101 cm³/mol. The van der Waals surface area contributed by atoms with Crippen LogP contribution >= 0.6 is 0 Å². The van der Waals surface area contributed by atoms with E-state index in [1.54, 1.807) is 12.4 Å². The van der Waals surface area contributed by atoms with Gasteiger partial charge in [0.25, 0.3) is 0 Å². The Hall–Kier alpha value is -2.77. The molecular formula is C19H23FN6O. The number of ether oxygens (including phenoxy) is 1. The average Bonchev–Trinajstić information content (AvgIpc) is 3.17. The Kier molecular flexibility index (Phi) is 4.63. The fraction of sp³-hybridized carbons (Fsp3) is 0.474. The molecule has 0 bridgehead atoms. The molecule has 4 rings (SSSR count). The number of nitrogens with zero attached hydrogens (tertiary/aromatic N) is 6. The molecule has 3 aromatic rings. The van der Waals surface area contributed by atoms with E-state index in [1.165, 1.54) is 19.5 Å². The minimum atomic E-state index is -0.420. The molecule has 0 saturated carbocycles. The Labute approximate surface area is 157 Å². The van der Waals surface area contributed by atoms with Gasteiger partial charge in [0, 0.05) is 36.5 Å². The minimum Gasteiger partial charge on any atom is -0.494 e. The van der Waals surface area contributed by atoms with Crippen LogP contribution in [-0.2, 0) is 0 Å². The third-order valence-corrected chi connectivity index (χ3v) is 5.13. The van der Waals surface area contributed by atoms with Crippen LogP contribution in [-0.4, -0.2) is 44.9 Å². The average molecular weight is 370 g/mol. The first-order chi connectivity index (χ1) is 13.1. The number of anilines is 1. The molecule has 0 N–H and O–H groups in total. The van der Waals surface area contributed by atoms with Crippen LogP contribution in [0.5, 0.6) is 5.75 Å². The highest BCUT2D eigenvalue weighted by atomic mass is 19.1. The van der Waals surface area contributed by atoms with Crippen LogP contribution in [0.1, 0.15) is 44.5 Å². The molecule has 1 atom stereocenters. The Morgan fingerprint density at radius 1 is 1.26 bits per heavy atom. The molecule has 7 nitrogen and oxygen atoms in total. The van der Waals surface area contributed by atoms with Crippen LogP contribution in [0.25, 0.3) is 10.9 Å². The lowest BCUT2D eigenvalue weighted by atomic mass is 9.96. The van der Waals surface area contributed by atoms with E-state index in [1.807, 2.05) is 0 Å². The van der Waals surface area contributed by atoms with Gasteiger partial charge in [-0.05, 0) is 32.8 Å². The number of fused-ring (bicyclic) bond motifs is 1. The summed E-state index contributed by atoms with van der Waals surface area (Å²) in [5.74, 6) is 1.87. The molecule has 8 heteroatoms. The van der Waals surface area contributed by atoms with E-state index in [4.69, 9.17) is 4.74 Å². The smallest absolute Gasteiger partial charge is 0.167 e. The summed E-state index contributed by atoms with van der Waals surface area (Å²) in [6.07, 6.45) is 5.37. The van der Waals surface area contributed by atoms with E-state index in [9.17, 15) is 4.39 Å². The van der Waals surface area contributed by atoms with Gasteiger partial charge in [-0.15, -0.1) is 10.2 Å². The van der Waals surface area contributed by atoms with Gasteiger partial charge in [-0.2, -0.15) is 0 Å². The maximum Gasteiger partial charge on any atom is 0.167 e. The Morgan fingerprint density at radius 2 is 2.11 bits per heavy atom. The molecule has 1 fully saturated rings. The number of methoxy groups -OCH3 is 1. The summed E-state index contributed by atoms with van der Waals surface area (Å²) < 4.78 is 21.3. The van der Waals surface area contributed by atoms with Crippen LogP contribution in [0, 0.1) is 5.82 Å². The van der Waals surface area contributed by atoms with Crippen molar-refractivity contribution in [1.29, 1.82) is 0 Å². The number of halogens is 1. The molecule has 1 aliphatic rings. The zero-order valence-electron chi connectivity index (χ0n) is 15.8. The lowest BCUT2D eigenvalue weighted by molar-refractivity contribution is 0.387. The van der Waals surface area contributed by atoms with Crippen molar-refractivity contribution in [2.45, 2.75) is 38.6 Å². The summed E-state index contributed by atoms with van der Waals surface area (Å²) in [6.45, 7) is 5.94. The highest BCUT2D eigenvalue weighted by Crippen LogP contribution is 2.34. The Morgan fingerprint density at radius 3 is 2.89 bits per heavy atom. The second-order valence-corrected chi connectivity index (χ2v) is 7.18. The highest BCUT2D eigenvalue weighted by Gasteiger charge is 2.27. The first-order valence-corrected chi connectivity index (χ1v) is 9.21. The van der Waals surface area contributed by atoms with E-state index < -0.39 is 5.82 Å². The molecule has 2 aromatic heterocycles. The first kappa shape index (κ1) is 17.6. The summed E-state index contributed by atoms with van der Waals surface area (Å²) >= 11 is 0.